The maximum absolute atomic E-state index is 13.8. The third-order valence-corrected chi connectivity index (χ3v) is 3.54. The van der Waals surface area contributed by atoms with E-state index in [0.29, 0.717) is 6.42 Å². The predicted molar refractivity (Wildman–Crippen MR) is 48.0 cm³/mol. The number of esters is 1. The van der Waals surface area contributed by atoms with E-state index < -0.39 is 17.1 Å². The van der Waals surface area contributed by atoms with Crippen molar-refractivity contribution >= 4 is 5.97 Å². The molecule has 0 N–H and O–H groups in total. The van der Waals surface area contributed by atoms with Gasteiger partial charge in [0.2, 0.25) is 0 Å². The first-order valence-electron chi connectivity index (χ1n) is 4.72. The maximum atomic E-state index is 13.8. The first-order valence-corrected chi connectivity index (χ1v) is 4.72. The van der Waals surface area contributed by atoms with Crippen molar-refractivity contribution in [3.63, 3.8) is 0 Å². The van der Waals surface area contributed by atoms with Crippen molar-refractivity contribution in [3.05, 3.63) is 0 Å². The fraction of sp³-hybridized carbons (Fsp3) is 0.900. The zero-order chi connectivity index (χ0) is 10.3. The highest BCUT2D eigenvalue weighted by atomic mass is 19.1. The van der Waals surface area contributed by atoms with Crippen LogP contribution in [0.15, 0.2) is 0 Å². The molecule has 0 spiro atoms. The molecule has 1 saturated carbocycles. The second-order valence-electron chi connectivity index (χ2n) is 4.01. The van der Waals surface area contributed by atoms with Gasteiger partial charge < -0.3 is 4.74 Å². The number of ether oxygens (including phenoxy) is 1. The molecule has 0 heterocycles. The molecule has 0 aliphatic heterocycles. The van der Waals surface area contributed by atoms with Gasteiger partial charge in [-0.3, -0.25) is 4.79 Å². The molecule has 3 unspecified atom stereocenters. The van der Waals surface area contributed by atoms with Crippen LogP contribution in [0.3, 0.4) is 0 Å². The molecule has 0 aromatic carbocycles. The molecule has 0 aromatic rings. The fourth-order valence-corrected chi connectivity index (χ4v) is 2.40. The van der Waals surface area contributed by atoms with Crippen LogP contribution in [-0.4, -0.2) is 18.7 Å². The molecule has 2 nitrogen and oxygen atoms in total. The van der Waals surface area contributed by atoms with Crippen molar-refractivity contribution in [2.45, 2.75) is 39.3 Å². The highest BCUT2D eigenvalue weighted by Gasteiger charge is 2.77. The van der Waals surface area contributed by atoms with Gasteiger partial charge in [0.25, 0.3) is 0 Å². The van der Waals surface area contributed by atoms with Crippen LogP contribution in [-0.2, 0) is 9.53 Å². The van der Waals surface area contributed by atoms with Gasteiger partial charge in [0, 0.05) is 5.92 Å². The Morgan fingerprint density at radius 3 is 2.31 bits per heavy atom. The minimum atomic E-state index is -1.38. The van der Waals surface area contributed by atoms with E-state index in [1.54, 1.807) is 6.92 Å². The van der Waals surface area contributed by atoms with Crippen molar-refractivity contribution in [1.82, 2.24) is 0 Å². The molecule has 76 valence electrons. The summed E-state index contributed by atoms with van der Waals surface area (Å²) < 4.78 is 18.5. The molecule has 3 atom stereocenters. The number of hydrogen-bond donors (Lipinski definition) is 0. The van der Waals surface area contributed by atoms with Gasteiger partial charge in [0.1, 0.15) is 11.1 Å². The minimum Gasteiger partial charge on any atom is -0.468 e. The number of alkyl halides is 1. The largest absolute Gasteiger partial charge is 0.468 e. The predicted octanol–water partition coefficient (Wildman–Crippen LogP) is 2.32. The number of hydrogen-bond acceptors (Lipinski definition) is 2. The Bertz CT molecular complexity index is 225. The van der Waals surface area contributed by atoms with Gasteiger partial charge in [-0.2, -0.15) is 0 Å². The van der Waals surface area contributed by atoms with Crippen LogP contribution < -0.4 is 0 Å². The summed E-state index contributed by atoms with van der Waals surface area (Å²) in [5.74, 6) is -0.612. The van der Waals surface area contributed by atoms with E-state index in [4.69, 9.17) is 0 Å². The van der Waals surface area contributed by atoms with Gasteiger partial charge in [-0.15, -0.1) is 0 Å². The molecule has 3 heteroatoms. The van der Waals surface area contributed by atoms with E-state index in [2.05, 4.69) is 4.74 Å². The monoisotopic (exact) mass is 188 g/mol. The highest BCUT2D eigenvalue weighted by molar-refractivity contribution is 5.83. The lowest BCUT2D eigenvalue weighted by atomic mass is 9.95. The molecule has 0 saturated heterocycles. The van der Waals surface area contributed by atoms with Crippen molar-refractivity contribution in [2.75, 3.05) is 7.11 Å². The summed E-state index contributed by atoms with van der Waals surface area (Å²) in [5.41, 5.74) is -2.24. The average molecular weight is 188 g/mol. The summed E-state index contributed by atoms with van der Waals surface area (Å²) in [6, 6.07) is 0. The number of rotatable bonds is 3. The van der Waals surface area contributed by atoms with Crippen LogP contribution in [0.2, 0.25) is 0 Å². The SMILES string of the molecule is CCCC1(C(=O)OC)C(C)C1(C)F. The summed E-state index contributed by atoms with van der Waals surface area (Å²) in [6.07, 6.45) is 1.38. The zero-order valence-electron chi connectivity index (χ0n) is 8.69. The third kappa shape index (κ3) is 1.09. The highest BCUT2D eigenvalue weighted by Crippen LogP contribution is 2.67. The van der Waals surface area contributed by atoms with Crippen molar-refractivity contribution in [1.29, 1.82) is 0 Å². The zero-order valence-corrected chi connectivity index (χ0v) is 8.69. The van der Waals surface area contributed by atoms with Gasteiger partial charge in [-0.1, -0.05) is 20.3 Å². The topological polar surface area (TPSA) is 26.3 Å². The molecular weight excluding hydrogens is 171 g/mol. The van der Waals surface area contributed by atoms with Crippen molar-refractivity contribution < 1.29 is 13.9 Å². The fourth-order valence-electron chi connectivity index (χ4n) is 2.40. The Balaban J connectivity index is 2.87. The van der Waals surface area contributed by atoms with Gasteiger partial charge in [-0.05, 0) is 13.3 Å². The average Bonchev–Trinajstić information content (AvgIpc) is 2.51. The lowest BCUT2D eigenvalue weighted by Crippen LogP contribution is -2.25. The molecule has 13 heavy (non-hydrogen) atoms. The van der Waals surface area contributed by atoms with Crippen LogP contribution in [0.25, 0.3) is 0 Å². The van der Waals surface area contributed by atoms with E-state index >= 15 is 0 Å². The second kappa shape index (κ2) is 2.96. The Kier molecular flexibility index (Phi) is 2.39. The van der Waals surface area contributed by atoms with E-state index in [-0.39, 0.29) is 5.92 Å². The van der Waals surface area contributed by atoms with E-state index in [1.165, 1.54) is 14.0 Å². The molecule has 0 bridgehead atoms. The van der Waals surface area contributed by atoms with Crippen LogP contribution >= 0.6 is 0 Å². The van der Waals surface area contributed by atoms with Crippen LogP contribution in [0, 0.1) is 11.3 Å². The number of halogens is 1. The summed E-state index contributed by atoms with van der Waals surface area (Å²) in [6.45, 7) is 5.21. The first kappa shape index (κ1) is 10.5. The van der Waals surface area contributed by atoms with Crippen LogP contribution in [0.1, 0.15) is 33.6 Å². The Labute approximate surface area is 78.5 Å². The number of carbonyl (C=O) groups is 1. The van der Waals surface area contributed by atoms with Gasteiger partial charge in [0.05, 0.1) is 7.11 Å². The standard InChI is InChI=1S/C10H17FO2/c1-5-6-10(8(12)13-4)7(2)9(10,3)11/h7H,5-6H2,1-4H3. The van der Waals surface area contributed by atoms with Crippen LogP contribution in [0.5, 0.6) is 0 Å². The molecule has 1 aliphatic carbocycles. The Hall–Kier alpha value is -0.600. The smallest absolute Gasteiger partial charge is 0.315 e. The molecule has 0 aromatic heterocycles. The minimum absolute atomic E-state index is 0.215. The molecule has 1 rings (SSSR count). The number of carbonyl (C=O) groups excluding carboxylic acids is 1. The van der Waals surface area contributed by atoms with Gasteiger partial charge in [-0.25, -0.2) is 4.39 Å². The van der Waals surface area contributed by atoms with Crippen LogP contribution in [0.4, 0.5) is 4.39 Å². The second-order valence-corrected chi connectivity index (χ2v) is 4.01. The molecular formula is C10H17FO2. The van der Waals surface area contributed by atoms with E-state index in [1.807, 2.05) is 6.92 Å². The lowest BCUT2D eigenvalue weighted by molar-refractivity contribution is -0.149. The Morgan fingerprint density at radius 1 is 1.62 bits per heavy atom. The van der Waals surface area contributed by atoms with Crippen molar-refractivity contribution in [3.8, 4) is 0 Å². The van der Waals surface area contributed by atoms with E-state index in [9.17, 15) is 9.18 Å². The van der Waals surface area contributed by atoms with Gasteiger partial charge >= 0.3 is 5.97 Å². The molecule has 1 aliphatic rings. The quantitative estimate of drug-likeness (QED) is 0.635. The normalized spacial score (nSPS) is 43.0. The summed E-state index contributed by atoms with van der Waals surface area (Å²) in [7, 11) is 1.32. The maximum Gasteiger partial charge on any atom is 0.315 e. The first-order chi connectivity index (χ1) is 5.95. The molecule has 0 radical (unpaired) electrons. The molecule has 1 fully saturated rings. The van der Waals surface area contributed by atoms with Crippen molar-refractivity contribution in [2.24, 2.45) is 11.3 Å². The lowest BCUT2D eigenvalue weighted by Gasteiger charge is -2.14. The van der Waals surface area contributed by atoms with E-state index in [0.717, 1.165) is 6.42 Å². The Morgan fingerprint density at radius 2 is 2.08 bits per heavy atom. The van der Waals surface area contributed by atoms with Gasteiger partial charge in [0.15, 0.2) is 0 Å². The summed E-state index contributed by atoms with van der Waals surface area (Å²) >= 11 is 0. The summed E-state index contributed by atoms with van der Waals surface area (Å²) in [5, 5.41) is 0. The number of methoxy groups -OCH3 is 1. The summed E-state index contributed by atoms with van der Waals surface area (Å²) in [4.78, 5) is 11.4. The third-order valence-electron chi connectivity index (χ3n) is 3.54. The molecule has 0 amide bonds.